The van der Waals surface area contributed by atoms with Crippen LogP contribution in [0.15, 0.2) is 42.6 Å². The maximum Gasteiger partial charge on any atom is 0.153 e. The predicted octanol–water partition coefficient (Wildman–Crippen LogP) is 4.11. The normalized spacial score (nSPS) is 22.8. The summed E-state index contributed by atoms with van der Waals surface area (Å²) in [6, 6.07) is 10.7. The quantitative estimate of drug-likeness (QED) is 0.660. The number of nitrogens with zero attached hydrogens (tertiary/aromatic N) is 2. The van der Waals surface area contributed by atoms with Crippen molar-refractivity contribution in [2.75, 3.05) is 12.4 Å². The lowest BCUT2D eigenvalue weighted by Crippen LogP contribution is -2.42. The first kappa shape index (κ1) is 19.8. The van der Waals surface area contributed by atoms with Crippen LogP contribution in [0.1, 0.15) is 43.7 Å². The standard InChI is InChI=1S/C22H25FN4OS/c1-22(29)26-20(14-3-5-16(23)6-4-14)21(27(22)2)15-11-12-24-19(13-15)25-17-7-9-18(28)10-8-17/h3-6,11-13,17,26,29H,7-10H2,1-2H3,(H,24,25). The summed E-state index contributed by atoms with van der Waals surface area (Å²) in [5, 5.41) is 6.91. The smallest absolute Gasteiger partial charge is 0.153 e. The van der Waals surface area contributed by atoms with Crippen LogP contribution in [0.4, 0.5) is 10.2 Å². The van der Waals surface area contributed by atoms with E-state index in [1.54, 1.807) is 18.3 Å². The van der Waals surface area contributed by atoms with Gasteiger partial charge in [0.25, 0.3) is 0 Å². The van der Waals surface area contributed by atoms with Crippen LogP contribution in [-0.2, 0) is 4.79 Å². The molecule has 0 radical (unpaired) electrons. The Morgan fingerprint density at radius 2 is 1.90 bits per heavy atom. The molecule has 2 N–H and O–H groups in total. The minimum atomic E-state index is -0.584. The molecule has 1 saturated carbocycles. The Morgan fingerprint density at radius 1 is 1.21 bits per heavy atom. The van der Waals surface area contributed by atoms with Crippen molar-refractivity contribution >= 4 is 35.6 Å². The van der Waals surface area contributed by atoms with E-state index < -0.39 is 4.99 Å². The summed E-state index contributed by atoms with van der Waals surface area (Å²) in [5.41, 5.74) is 3.74. The third-order valence-electron chi connectivity index (χ3n) is 5.65. The number of aromatic nitrogens is 1. The Hall–Kier alpha value is -2.54. The monoisotopic (exact) mass is 412 g/mol. The molecule has 4 rings (SSSR count). The molecule has 1 aliphatic heterocycles. The molecule has 2 heterocycles. The van der Waals surface area contributed by atoms with E-state index in [0.29, 0.717) is 18.6 Å². The zero-order valence-corrected chi connectivity index (χ0v) is 17.5. The van der Waals surface area contributed by atoms with Crippen LogP contribution in [0, 0.1) is 5.82 Å². The number of hydrogen-bond donors (Lipinski definition) is 3. The average molecular weight is 413 g/mol. The molecule has 1 fully saturated rings. The van der Waals surface area contributed by atoms with Crippen LogP contribution < -0.4 is 10.6 Å². The van der Waals surface area contributed by atoms with Gasteiger partial charge in [0.15, 0.2) is 4.99 Å². The van der Waals surface area contributed by atoms with E-state index in [9.17, 15) is 9.18 Å². The van der Waals surface area contributed by atoms with E-state index in [1.807, 2.05) is 26.1 Å². The van der Waals surface area contributed by atoms with Crippen LogP contribution in [0.5, 0.6) is 0 Å². The molecule has 1 aliphatic carbocycles. The number of Topliss-reactive ketones (excluding diaryl/α,β-unsaturated/α-hetero) is 1. The van der Waals surface area contributed by atoms with E-state index >= 15 is 0 Å². The number of thiol groups is 1. The molecule has 5 nitrogen and oxygen atoms in total. The van der Waals surface area contributed by atoms with Crippen molar-refractivity contribution in [3.8, 4) is 0 Å². The average Bonchev–Trinajstić information content (AvgIpc) is 2.94. The first-order chi connectivity index (χ1) is 13.8. The van der Waals surface area contributed by atoms with Gasteiger partial charge in [-0.3, -0.25) is 4.79 Å². The summed E-state index contributed by atoms with van der Waals surface area (Å²) in [7, 11) is 1.98. The number of halogens is 1. The van der Waals surface area contributed by atoms with Crippen molar-refractivity contribution in [2.45, 2.75) is 43.6 Å². The zero-order valence-electron chi connectivity index (χ0n) is 16.6. The van der Waals surface area contributed by atoms with Gasteiger partial charge in [-0.2, -0.15) is 0 Å². The third-order valence-corrected chi connectivity index (χ3v) is 6.06. The van der Waals surface area contributed by atoms with Crippen LogP contribution in [-0.4, -0.2) is 33.8 Å². The highest BCUT2D eigenvalue weighted by Gasteiger charge is 2.37. The maximum absolute atomic E-state index is 13.4. The van der Waals surface area contributed by atoms with Gasteiger partial charge in [0.2, 0.25) is 0 Å². The van der Waals surface area contributed by atoms with Gasteiger partial charge in [0.1, 0.15) is 17.4 Å². The highest BCUT2D eigenvalue weighted by molar-refractivity contribution is 7.81. The van der Waals surface area contributed by atoms with Gasteiger partial charge in [-0.15, -0.1) is 12.6 Å². The predicted molar refractivity (Wildman–Crippen MR) is 117 cm³/mol. The summed E-state index contributed by atoms with van der Waals surface area (Å²) in [6.45, 7) is 1.98. The number of nitrogens with one attached hydrogen (secondary N) is 2. The lowest BCUT2D eigenvalue weighted by molar-refractivity contribution is -0.120. The molecule has 7 heteroatoms. The number of benzene rings is 1. The number of rotatable bonds is 4. The summed E-state index contributed by atoms with van der Waals surface area (Å²) in [5.74, 6) is 0.858. The van der Waals surface area contributed by atoms with Crippen molar-refractivity contribution in [2.24, 2.45) is 0 Å². The second-order valence-electron chi connectivity index (χ2n) is 7.82. The number of hydrogen-bond acceptors (Lipinski definition) is 6. The van der Waals surface area contributed by atoms with Crippen molar-refractivity contribution in [1.29, 1.82) is 0 Å². The van der Waals surface area contributed by atoms with Gasteiger partial charge < -0.3 is 15.5 Å². The molecule has 1 aromatic heterocycles. The lowest BCUT2D eigenvalue weighted by Gasteiger charge is -2.31. The Labute approximate surface area is 175 Å². The maximum atomic E-state index is 13.4. The Kier molecular flexibility index (Phi) is 5.25. The number of carbonyl (C=O) groups is 1. The first-order valence-corrected chi connectivity index (χ1v) is 10.3. The number of anilines is 1. The fraction of sp³-hybridized carbons (Fsp3) is 0.364. The second kappa shape index (κ2) is 7.71. The molecule has 0 bridgehead atoms. The van der Waals surface area contributed by atoms with Gasteiger partial charge in [0.05, 0.1) is 11.4 Å². The summed E-state index contributed by atoms with van der Waals surface area (Å²) < 4.78 is 13.4. The zero-order chi connectivity index (χ0) is 20.6. The van der Waals surface area contributed by atoms with Gasteiger partial charge in [-0.25, -0.2) is 9.37 Å². The van der Waals surface area contributed by atoms with Gasteiger partial charge >= 0.3 is 0 Å². The van der Waals surface area contributed by atoms with E-state index in [2.05, 4.69) is 20.5 Å². The molecule has 1 unspecified atom stereocenters. The van der Waals surface area contributed by atoms with Crippen molar-refractivity contribution in [3.63, 3.8) is 0 Å². The molecule has 152 valence electrons. The SMILES string of the molecule is CN1C(c2ccnc(NC3CCC(=O)CC3)c2)=C(c2ccc(F)cc2)NC1(C)S. The minimum absolute atomic E-state index is 0.260. The summed E-state index contributed by atoms with van der Waals surface area (Å²) >= 11 is 4.76. The molecule has 2 aromatic rings. The lowest BCUT2D eigenvalue weighted by atomic mass is 9.94. The van der Waals surface area contributed by atoms with Gasteiger partial charge in [-0.05, 0) is 56.2 Å². The molecule has 29 heavy (non-hydrogen) atoms. The van der Waals surface area contributed by atoms with E-state index in [0.717, 1.165) is 41.2 Å². The molecule has 2 aliphatic rings. The number of pyridine rings is 1. The molecule has 0 spiro atoms. The van der Waals surface area contributed by atoms with Crippen molar-refractivity contribution in [1.82, 2.24) is 15.2 Å². The van der Waals surface area contributed by atoms with Crippen molar-refractivity contribution in [3.05, 3.63) is 59.5 Å². The molecule has 0 amide bonds. The van der Waals surface area contributed by atoms with E-state index in [-0.39, 0.29) is 11.9 Å². The summed E-state index contributed by atoms with van der Waals surface area (Å²) in [4.78, 5) is 17.4. The van der Waals surface area contributed by atoms with E-state index in [1.165, 1.54) is 12.1 Å². The Morgan fingerprint density at radius 3 is 2.59 bits per heavy atom. The Balaban J connectivity index is 1.67. The fourth-order valence-electron chi connectivity index (χ4n) is 3.88. The fourth-order valence-corrected chi connectivity index (χ4v) is 4.09. The number of ketones is 1. The molecule has 0 saturated heterocycles. The van der Waals surface area contributed by atoms with Crippen LogP contribution in [0.25, 0.3) is 11.4 Å². The molecular weight excluding hydrogens is 387 g/mol. The van der Waals surface area contributed by atoms with Crippen LogP contribution >= 0.6 is 12.6 Å². The number of carbonyl (C=O) groups excluding carboxylic acids is 1. The molecular formula is C22H25FN4OS. The third kappa shape index (κ3) is 4.10. The second-order valence-corrected chi connectivity index (χ2v) is 8.69. The minimum Gasteiger partial charge on any atom is -0.367 e. The Bertz CT molecular complexity index is 948. The van der Waals surface area contributed by atoms with E-state index in [4.69, 9.17) is 12.6 Å². The highest BCUT2D eigenvalue weighted by Crippen LogP contribution is 2.40. The van der Waals surface area contributed by atoms with Crippen LogP contribution in [0.3, 0.4) is 0 Å². The molecule has 1 aromatic carbocycles. The van der Waals surface area contributed by atoms with Crippen LogP contribution in [0.2, 0.25) is 0 Å². The first-order valence-electron chi connectivity index (χ1n) is 9.83. The van der Waals surface area contributed by atoms with Gasteiger partial charge in [-0.1, -0.05) is 0 Å². The summed E-state index contributed by atoms with van der Waals surface area (Å²) in [6.07, 6.45) is 4.71. The van der Waals surface area contributed by atoms with Gasteiger partial charge in [0, 0.05) is 43.3 Å². The largest absolute Gasteiger partial charge is 0.367 e. The highest BCUT2D eigenvalue weighted by atomic mass is 32.1. The molecule has 1 atom stereocenters. The van der Waals surface area contributed by atoms with Crippen molar-refractivity contribution < 1.29 is 9.18 Å². The topological polar surface area (TPSA) is 57.3 Å².